The Kier molecular flexibility index (Phi) is 5.89. The first-order chi connectivity index (χ1) is 8.58. The lowest BCUT2D eigenvalue weighted by molar-refractivity contribution is 0.606. The van der Waals surface area contributed by atoms with Crippen molar-refractivity contribution in [3.8, 4) is 0 Å². The van der Waals surface area contributed by atoms with Crippen LogP contribution in [0.3, 0.4) is 0 Å². The maximum atomic E-state index is 4.57. The lowest BCUT2D eigenvalue weighted by Gasteiger charge is -2.14. The van der Waals surface area contributed by atoms with Gasteiger partial charge in [0.15, 0.2) is 0 Å². The molecule has 102 valence electrons. The lowest BCUT2D eigenvalue weighted by atomic mass is 10.1. The van der Waals surface area contributed by atoms with Crippen molar-refractivity contribution < 1.29 is 0 Å². The predicted octanol–water partition coefficient (Wildman–Crippen LogP) is 3.24. The van der Waals surface area contributed by atoms with Crippen LogP contribution in [0.4, 0.5) is 11.6 Å². The van der Waals surface area contributed by atoms with Crippen LogP contribution in [-0.4, -0.2) is 23.1 Å². The van der Waals surface area contributed by atoms with Gasteiger partial charge in [0.05, 0.1) is 0 Å². The van der Waals surface area contributed by atoms with Gasteiger partial charge in [0.2, 0.25) is 0 Å². The van der Waals surface area contributed by atoms with E-state index in [0.717, 1.165) is 49.0 Å². The van der Waals surface area contributed by atoms with E-state index in [1.54, 1.807) is 0 Å². The molecule has 0 aromatic carbocycles. The zero-order chi connectivity index (χ0) is 13.5. The Morgan fingerprint density at radius 2 is 1.67 bits per heavy atom. The van der Waals surface area contributed by atoms with Crippen molar-refractivity contribution >= 4 is 11.6 Å². The number of rotatable bonds is 7. The number of hydrogen-bond donors (Lipinski definition) is 2. The summed E-state index contributed by atoms with van der Waals surface area (Å²) in [5.41, 5.74) is 1.11. The standard InChI is InChI=1S/C14H26N4/c1-6-12-17-13(15-7-2)11(5)14(18-12)16-9-8-10(3)4/h10H,6-9H2,1-5H3,(H2,15,16,17,18). The van der Waals surface area contributed by atoms with Crippen molar-refractivity contribution in [1.82, 2.24) is 9.97 Å². The van der Waals surface area contributed by atoms with Crippen molar-refractivity contribution in [2.75, 3.05) is 23.7 Å². The molecule has 2 N–H and O–H groups in total. The number of nitrogens with one attached hydrogen (secondary N) is 2. The van der Waals surface area contributed by atoms with Gasteiger partial charge in [-0.3, -0.25) is 0 Å². The minimum atomic E-state index is 0.707. The second kappa shape index (κ2) is 7.19. The van der Waals surface area contributed by atoms with E-state index in [1.165, 1.54) is 0 Å². The second-order valence-corrected chi connectivity index (χ2v) is 4.96. The fourth-order valence-corrected chi connectivity index (χ4v) is 1.71. The third kappa shape index (κ3) is 4.17. The van der Waals surface area contributed by atoms with Gasteiger partial charge in [-0.15, -0.1) is 0 Å². The summed E-state index contributed by atoms with van der Waals surface area (Å²) in [7, 11) is 0. The van der Waals surface area contributed by atoms with E-state index in [0.29, 0.717) is 5.92 Å². The molecule has 0 amide bonds. The van der Waals surface area contributed by atoms with Gasteiger partial charge in [-0.1, -0.05) is 20.8 Å². The molecule has 0 saturated carbocycles. The molecule has 1 rings (SSSR count). The number of anilines is 2. The molecule has 0 aliphatic rings. The topological polar surface area (TPSA) is 49.8 Å². The Morgan fingerprint density at radius 1 is 1.06 bits per heavy atom. The molecule has 0 saturated heterocycles. The Morgan fingerprint density at radius 3 is 2.17 bits per heavy atom. The molecule has 0 aliphatic heterocycles. The van der Waals surface area contributed by atoms with Crippen molar-refractivity contribution in [3.05, 3.63) is 11.4 Å². The predicted molar refractivity (Wildman–Crippen MR) is 78.3 cm³/mol. The van der Waals surface area contributed by atoms with Crippen LogP contribution in [0.25, 0.3) is 0 Å². The first kappa shape index (κ1) is 14.7. The Labute approximate surface area is 111 Å². The quantitative estimate of drug-likeness (QED) is 0.780. The molecule has 0 aliphatic carbocycles. The van der Waals surface area contributed by atoms with Crippen LogP contribution in [0.1, 0.15) is 45.5 Å². The third-order valence-corrected chi connectivity index (χ3v) is 2.87. The second-order valence-electron chi connectivity index (χ2n) is 4.96. The van der Waals surface area contributed by atoms with Gasteiger partial charge >= 0.3 is 0 Å². The van der Waals surface area contributed by atoms with Gasteiger partial charge in [-0.05, 0) is 26.2 Å². The van der Waals surface area contributed by atoms with Crippen LogP contribution in [0.5, 0.6) is 0 Å². The van der Waals surface area contributed by atoms with Gasteiger partial charge in [-0.25, -0.2) is 9.97 Å². The highest BCUT2D eigenvalue weighted by atomic mass is 15.1. The molecule has 4 nitrogen and oxygen atoms in total. The van der Waals surface area contributed by atoms with Crippen molar-refractivity contribution in [2.45, 2.75) is 47.5 Å². The highest BCUT2D eigenvalue weighted by Gasteiger charge is 2.09. The van der Waals surface area contributed by atoms with E-state index in [9.17, 15) is 0 Å². The average Bonchev–Trinajstić information content (AvgIpc) is 2.33. The molecule has 18 heavy (non-hydrogen) atoms. The SMILES string of the molecule is CCNc1nc(CC)nc(NCCC(C)C)c1C. The van der Waals surface area contributed by atoms with Crippen molar-refractivity contribution in [1.29, 1.82) is 0 Å². The summed E-state index contributed by atoms with van der Waals surface area (Å²) in [6.07, 6.45) is 2.01. The fourth-order valence-electron chi connectivity index (χ4n) is 1.71. The molecular weight excluding hydrogens is 224 g/mol. The molecule has 0 radical (unpaired) electrons. The van der Waals surface area contributed by atoms with E-state index in [2.05, 4.69) is 55.2 Å². The van der Waals surface area contributed by atoms with E-state index in [-0.39, 0.29) is 0 Å². The molecule has 4 heteroatoms. The smallest absolute Gasteiger partial charge is 0.134 e. The molecule has 1 aromatic rings. The largest absolute Gasteiger partial charge is 0.370 e. The number of aryl methyl sites for hydroxylation is 1. The number of hydrogen-bond acceptors (Lipinski definition) is 4. The van der Waals surface area contributed by atoms with Gasteiger partial charge in [-0.2, -0.15) is 0 Å². The molecule has 0 spiro atoms. The summed E-state index contributed by atoms with van der Waals surface area (Å²) in [5, 5.41) is 6.73. The Bertz CT molecular complexity index is 374. The van der Waals surface area contributed by atoms with E-state index >= 15 is 0 Å². The number of nitrogens with zero attached hydrogens (tertiary/aromatic N) is 2. The van der Waals surface area contributed by atoms with Gasteiger partial charge < -0.3 is 10.6 Å². The summed E-state index contributed by atoms with van der Waals surface area (Å²) >= 11 is 0. The third-order valence-electron chi connectivity index (χ3n) is 2.87. The lowest BCUT2D eigenvalue weighted by Crippen LogP contribution is -2.12. The van der Waals surface area contributed by atoms with Crippen LogP contribution in [0.15, 0.2) is 0 Å². The minimum absolute atomic E-state index is 0.707. The fraction of sp³-hybridized carbons (Fsp3) is 0.714. The maximum Gasteiger partial charge on any atom is 0.134 e. The van der Waals surface area contributed by atoms with Crippen LogP contribution in [-0.2, 0) is 6.42 Å². The van der Waals surface area contributed by atoms with Crippen molar-refractivity contribution in [3.63, 3.8) is 0 Å². The summed E-state index contributed by atoms with van der Waals surface area (Å²) in [6, 6.07) is 0. The summed E-state index contributed by atoms with van der Waals surface area (Å²) in [6.45, 7) is 12.5. The van der Waals surface area contributed by atoms with E-state index in [1.807, 2.05) is 0 Å². The molecular formula is C14H26N4. The zero-order valence-corrected chi connectivity index (χ0v) is 12.3. The van der Waals surface area contributed by atoms with Crippen molar-refractivity contribution in [2.24, 2.45) is 5.92 Å². The normalized spacial score (nSPS) is 10.8. The average molecular weight is 250 g/mol. The maximum absolute atomic E-state index is 4.57. The minimum Gasteiger partial charge on any atom is -0.370 e. The van der Waals surface area contributed by atoms with Gasteiger partial charge in [0, 0.05) is 25.1 Å². The first-order valence-electron chi connectivity index (χ1n) is 6.93. The Balaban J connectivity index is 2.84. The van der Waals surface area contributed by atoms with Gasteiger partial charge in [0.1, 0.15) is 17.5 Å². The molecule has 1 aromatic heterocycles. The highest BCUT2D eigenvalue weighted by molar-refractivity contribution is 5.57. The van der Waals surface area contributed by atoms with Crippen LogP contribution in [0, 0.1) is 12.8 Å². The highest BCUT2D eigenvalue weighted by Crippen LogP contribution is 2.20. The van der Waals surface area contributed by atoms with Gasteiger partial charge in [0.25, 0.3) is 0 Å². The first-order valence-corrected chi connectivity index (χ1v) is 6.93. The summed E-state index contributed by atoms with van der Waals surface area (Å²) in [5.74, 6) is 3.52. The molecule has 1 heterocycles. The molecule has 0 bridgehead atoms. The van der Waals surface area contributed by atoms with Crippen LogP contribution in [0.2, 0.25) is 0 Å². The summed E-state index contributed by atoms with van der Waals surface area (Å²) in [4.78, 5) is 9.09. The molecule has 0 fully saturated rings. The summed E-state index contributed by atoms with van der Waals surface area (Å²) < 4.78 is 0. The monoisotopic (exact) mass is 250 g/mol. The van der Waals surface area contributed by atoms with E-state index < -0.39 is 0 Å². The van der Waals surface area contributed by atoms with Crippen LogP contribution >= 0.6 is 0 Å². The zero-order valence-electron chi connectivity index (χ0n) is 12.3. The van der Waals surface area contributed by atoms with E-state index in [4.69, 9.17) is 0 Å². The number of aromatic nitrogens is 2. The molecule has 0 unspecified atom stereocenters. The van der Waals surface area contributed by atoms with Crippen LogP contribution < -0.4 is 10.6 Å². The molecule has 0 atom stereocenters. The Hall–Kier alpha value is -1.32.